The molecule has 0 fully saturated rings. The number of ketones is 1. The van der Waals surface area contributed by atoms with Crippen molar-refractivity contribution in [2.45, 2.75) is 67.2 Å². The van der Waals surface area contributed by atoms with Gasteiger partial charge in [0, 0.05) is 59.3 Å². The number of hydrogen-bond donors (Lipinski definition) is 1. The molecular weight excluding hydrogens is 655 g/mol. The summed E-state index contributed by atoms with van der Waals surface area (Å²) in [6, 6.07) is 18.6. The van der Waals surface area contributed by atoms with Crippen molar-refractivity contribution in [2.75, 3.05) is 0 Å². The number of carbonyl (C=O) groups excluding carboxylic acids is 1. The second-order valence-electron chi connectivity index (χ2n) is 10.5. The second-order valence-corrected chi connectivity index (χ2v) is 11.5. The predicted octanol–water partition coefficient (Wildman–Crippen LogP) is 9.47. The maximum absolute atomic E-state index is 11.0. The number of thiophene rings is 1. The molecule has 0 aliphatic heterocycles. The van der Waals surface area contributed by atoms with Crippen molar-refractivity contribution in [3.05, 3.63) is 77.7 Å². The maximum Gasteiger partial charge on any atom is 0.161 e. The van der Waals surface area contributed by atoms with Gasteiger partial charge in [-0.15, -0.1) is 46.7 Å². The van der Waals surface area contributed by atoms with Crippen molar-refractivity contribution < 1.29 is 30.0 Å². The van der Waals surface area contributed by atoms with E-state index in [1.165, 1.54) is 37.4 Å². The minimum atomic E-state index is -0.0316. The van der Waals surface area contributed by atoms with Crippen LogP contribution in [0.4, 0.5) is 0 Å². The first-order chi connectivity index (χ1) is 17.0. The minimum Gasteiger partial charge on any atom is -0.512 e. The number of aliphatic hydroxyl groups excluding tert-OH is 1. The van der Waals surface area contributed by atoms with E-state index in [4.69, 9.17) is 4.98 Å². The molecule has 4 rings (SSSR count). The standard InChI is InChI=1S/C23H22NS.C9H16O2.Ir/c1-14(2)16-7-5-8-17(13-16)21-23-20(11-12-24-21)19-10-6-9-18(15(3)4)22(19)25-23;1-6(2)8(10)5-9(11)7(3)4;/h5-7,9-15H,1-4H3;5-7,10H,1-4H3;/q-1;;/b;8-5-;. The Balaban J connectivity index is 0.000000344. The van der Waals surface area contributed by atoms with Crippen molar-refractivity contribution in [1.82, 2.24) is 4.98 Å². The Morgan fingerprint density at radius 1 is 0.919 bits per heavy atom. The first-order valence-electron chi connectivity index (χ1n) is 12.8. The summed E-state index contributed by atoms with van der Waals surface area (Å²) in [5.74, 6) is 1.18. The third-order valence-electron chi connectivity index (χ3n) is 6.26. The molecule has 0 amide bonds. The molecule has 1 N–H and O–H groups in total. The van der Waals surface area contributed by atoms with E-state index in [1.807, 2.05) is 51.3 Å². The largest absolute Gasteiger partial charge is 0.512 e. The van der Waals surface area contributed by atoms with Crippen LogP contribution in [0.5, 0.6) is 0 Å². The molecule has 0 bridgehead atoms. The molecule has 37 heavy (non-hydrogen) atoms. The molecule has 0 saturated heterocycles. The van der Waals surface area contributed by atoms with Crippen LogP contribution in [0, 0.1) is 17.9 Å². The smallest absolute Gasteiger partial charge is 0.161 e. The van der Waals surface area contributed by atoms with Crippen LogP contribution in [0.2, 0.25) is 0 Å². The van der Waals surface area contributed by atoms with Crippen LogP contribution >= 0.6 is 11.3 Å². The van der Waals surface area contributed by atoms with Gasteiger partial charge in [0.15, 0.2) is 5.78 Å². The van der Waals surface area contributed by atoms with Gasteiger partial charge in [-0.2, -0.15) is 0 Å². The predicted molar refractivity (Wildman–Crippen MR) is 155 cm³/mol. The molecule has 4 aromatic rings. The van der Waals surface area contributed by atoms with Crippen molar-refractivity contribution in [2.24, 2.45) is 11.8 Å². The zero-order chi connectivity index (χ0) is 26.6. The number of rotatable bonds is 6. The van der Waals surface area contributed by atoms with Gasteiger partial charge < -0.3 is 10.1 Å². The van der Waals surface area contributed by atoms with Gasteiger partial charge >= 0.3 is 0 Å². The topological polar surface area (TPSA) is 50.2 Å². The van der Waals surface area contributed by atoms with Crippen molar-refractivity contribution in [1.29, 1.82) is 0 Å². The summed E-state index contributed by atoms with van der Waals surface area (Å²) in [5, 5.41) is 11.8. The number of aliphatic hydroxyl groups is 1. The Kier molecular flexibility index (Phi) is 11.2. The number of aromatic nitrogens is 1. The number of nitrogens with zero attached hydrogens (tertiary/aromatic N) is 1. The molecule has 199 valence electrons. The van der Waals surface area contributed by atoms with Crippen molar-refractivity contribution in [3.63, 3.8) is 0 Å². The molecule has 0 spiro atoms. The summed E-state index contributed by atoms with van der Waals surface area (Å²) < 4.78 is 2.66. The van der Waals surface area contributed by atoms with Gasteiger partial charge in [0.05, 0.1) is 5.76 Å². The van der Waals surface area contributed by atoms with Crippen LogP contribution < -0.4 is 0 Å². The van der Waals surface area contributed by atoms with Gasteiger partial charge in [0.25, 0.3) is 0 Å². The molecule has 0 aliphatic carbocycles. The summed E-state index contributed by atoms with van der Waals surface area (Å²) in [6.07, 6.45) is 3.25. The number of pyridine rings is 1. The second kappa shape index (κ2) is 13.5. The summed E-state index contributed by atoms with van der Waals surface area (Å²) in [6.45, 7) is 16.3. The van der Waals surface area contributed by atoms with E-state index in [-0.39, 0.29) is 43.5 Å². The van der Waals surface area contributed by atoms with Gasteiger partial charge in [-0.25, -0.2) is 0 Å². The zero-order valence-electron chi connectivity index (χ0n) is 23.0. The SMILES string of the molecule is CC(C)C(=O)/C=C(\O)C(C)C.CC(C)c1cc[c-]c(-c2nccc3c2sc2c(C(C)C)cccc23)c1.[Ir]. The van der Waals surface area contributed by atoms with Gasteiger partial charge in [-0.1, -0.05) is 73.6 Å². The van der Waals surface area contributed by atoms with E-state index < -0.39 is 0 Å². The first kappa shape index (κ1) is 30.9. The molecule has 0 aliphatic rings. The number of benzene rings is 2. The summed E-state index contributed by atoms with van der Waals surface area (Å²) >= 11 is 1.87. The molecule has 2 aromatic carbocycles. The molecule has 2 heterocycles. The summed E-state index contributed by atoms with van der Waals surface area (Å²) in [4.78, 5) is 15.7. The van der Waals surface area contributed by atoms with Crippen LogP contribution in [-0.2, 0) is 24.9 Å². The van der Waals surface area contributed by atoms with Gasteiger partial charge in [0.1, 0.15) is 0 Å². The van der Waals surface area contributed by atoms with E-state index in [0.29, 0.717) is 11.8 Å². The van der Waals surface area contributed by atoms with E-state index >= 15 is 0 Å². The van der Waals surface area contributed by atoms with E-state index in [1.54, 1.807) is 0 Å². The van der Waals surface area contributed by atoms with Crippen LogP contribution in [0.15, 0.2) is 60.5 Å². The Labute approximate surface area is 239 Å². The Bertz CT molecular complexity index is 1380. The van der Waals surface area contributed by atoms with Gasteiger partial charge in [-0.3, -0.25) is 4.79 Å². The fourth-order valence-electron chi connectivity index (χ4n) is 3.85. The third-order valence-corrected chi connectivity index (χ3v) is 7.54. The Hall–Kier alpha value is -2.33. The van der Waals surface area contributed by atoms with E-state index in [2.05, 4.69) is 70.2 Å². The van der Waals surface area contributed by atoms with Gasteiger partial charge in [-0.05, 0) is 34.2 Å². The number of fused-ring (bicyclic) bond motifs is 3. The van der Waals surface area contributed by atoms with Gasteiger partial charge in [0.2, 0.25) is 0 Å². The Morgan fingerprint density at radius 3 is 2.19 bits per heavy atom. The van der Waals surface area contributed by atoms with E-state index in [0.717, 1.165) is 11.3 Å². The number of hydrogen-bond acceptors (Lipinski definition) is 4. The molecule has 0 saturated carbocycles. The average molecular weight is 693 g/mol. The van der Waals surface area contributed by atoms with Crippen molar-refractivity contribution in [3.8, 4) is 11.3 Å². The number of carbonyl (C=O) groups is 1. The summed E-state index contributed by atoms with van der Waals surface area (Å²) in [7, 11) is 0. The molecule has 3 nitrogen and oxygen atoms in total. The van der Waals surface area contributed by atoms with Crippen LogP contribution in [0.1, 0.15) is 78.4 Å². The monoisotopic (exact) mass is 693 g/mol. The molecule has 1 radical (unpaired) electrons. The third kappa shape index (κ3) is 7.37. The fraction of sp³-hybridized carbons (Fsp3) is 0.375. The number of allylic oxidation sites excluding steroid dienone is 2. The fourth-order valence-corrected chi connectivity index (χ4v) is 5.31. The van der Waals surface area contributed by atoms with Crippen LogP contribution in [-0.4, -0.2) is 15.9 Å². The average Bonchev–Trinajstić information content (AvgIpc) is 3.23. The summed E-state index contributed by atoms with van der Waals surface area (Å²) in [5.41, 5.74) is 4.89. The molecule has 0 unspecified atom stereocenters. The molecule has 0 atom stereocenters. The zero-order valence-corrected chi connectivity index (χ0v) is 26.3. The maximum atomic E-state index is 11.0. The molecular formula is C32H38IrNO2S-. The van der Waals surface area contributed by atoms with Crippen LogP contribution in [0.25, 0.3) is 31.4 Å². The first-order valence-corrected chi connectivity index (χ1v) is 13.6. The quantitative estimate of drug-likeness (QED) is 0.124. The minimum absolute atomic E-state index is 0. The Morgan fingerprint density at radius 2 is 1.59 bits per heavy atom. The van der Waals surface area contributed by atoms with Crippen molar-refractivity contribution >= 4 is 37.3 Å². The normalized spacial score (nSPS) is 11.8. The van der Waals surface area contributed by atoms with Crippen LogP contribution in [0.3, 0.4) is 0 Å². The van der Waals surface area contributed by atoms with E-state index in [9.17, 15) is 9.90 Å². The molecule has 2 aromatic heterocycles. The molecule has 5 heteroatoms.